The molecule has 3 N–H and O–H groups in total. The Bertz CT molecular complexity index is 1580. The van der Waals surface area contributed by atoms with Crippen molar-refractivity contribution in [2.45, 2.75) is 42.8 Å². The van der Waals surface area contributed by atoms with Crippen LogP contribution in [0, 0.1) is 0 Å². The zero-order valence-electron chi connectivity index (χ0n) is 23.5. The van der Waals surface area contributed by atoms with Gasteiger partial charge in [-0.3, -0.25) is 14.3 Å². The summed E-state index contributed by atoms with van der Waals surface area (Å²) in [5.41, 5.74) is 0.183. The van der Waals surface area contributed by atoms with Crippen molar-refractivity contribution in [1.82, 2.24) is 9.55 Å². The van der Waals surface area contributed by atoms with Crippen molar-refractivity contribution in [3.05, 3.63) is 141 Å². The van der Waals surface area contributed by atoms with Crippen LogP contribution in [0.4, 0.5) is 0 Å². The number of hydrogen-bond acceptors (Lipinski definition) is 7. The second-order valence-corrected chi connectivity index (χ2v) is 10.2. The van der Waals surface area contributed by atoms with Crippen LogP contribution in [0.25, 0.3) is 0 Å². The molecule has 9 nitrogen and oxygen atoms in total. The molecule has 1 fully saturated rings. The van der Waals surface area contributed by atoms with Crippen LogP contribution >= 0.6 is 0 Å². The average Bonchev–Trinajstić information content (AvgIpc) is 3.41. The van der Waals surface area contributed by atoms with E-state index in [4.69, 9.17) is 14.2 Å². The smallest absolute Gasteiger partial charge is 0.330 e. The van der Waals surface area contributed by atoms with Crippen LogP contribution in [0.1, 0.15) is 34.9 Å². The number of ether oxygens (including phenoxy) is 3. The summed E-state index contributed by atoms with van der Waals surface area (Å²) in [6, 6.07) is 24.3. The summed E-state index contributed by atoms with van der Waals surface area (Å²) >= 11 is 0. The minimum Gasteiger partial charge on any atom is -0.497 e. The van der Waals surface area contributed by atoms with Gasteiger partial charge in [-0.2, -0.15) is 0 Å². The largest absolute Gasteiger partial charge is 0.497 e. The van der Waals surface area contributed by atoms with Gasteiger partial charge in [0.25, 0.3) is 5.56 Å². The van der Waals surface area contributed by atoms with E-state index in [1.807, 2.05) is 78.9 Å². The van der Waals surface area contributed by atoms with Crippen molar-refractivity contribution in [3.8, 4) is 11.5 Å². The van der Waals surface area contributed by atoms with E-state index in [0.717, 1.165) is 16.7 Å². The Hall–Kier alpha value is -4.44. The molecule has 0 amide bonds. The maximum absolute atomic E-state index is 12.8. The zero-order chi connectivity index (χ0) is 29.9. The highest BCUT2D eigenvalue weighted by Crippen LogP contribution is 2.47. The number of H-pyrrole nitrogens is 1. The molecule has 0 spiro atoms. The molecule has 9 heteroatoms. The molecule has 1 aliphatic heterocycles. The SMILES string of the molecule is C=CCc1cn([C@H]2C[C@H](O)[C@@H](C(O)C(c3ccccc3)(c3ccc(OC)cc3)c3ccc(OC)cc3)O2)c(=O)[nH]c1=O. The van der Waals surface area contributed by atoms with E-state index in [1.54, 1.807) is 20.3 Å². The molecule has 2 heterocycles. The molecule has 4 aromatic rings. The number of allylic oxidation sites excluding steroid dienone is 1. The van der Waals surface area contributed by atoms with Crippen LogP contribution in [-0.2, 0) is 16.6 Å². The van der Waals surface area contributed by atoms with Crippen molar-refractivity contribution in [1.29, 1.82) is 0 Å². The molecular weight excluding hydrogens is 536 g/mol. The van der Waals surface area contributed by atoms with E-state index in [0.29, 0.717) is 17.1 Å². The summed E-state index contributed by atoms with van der Waals surface area (Å²) in [4.78, 5) is 27.4. The first-order valence-electron chi connectivity index (χ1n) is 13.6. The van der Waals surface area contributed by atoms with E-state index in [2.05, 4.69) is 11.6 Å². The Kier molecular flexibility index (Phi) is 8.44. The number of benzene rings is 3. The molecule has 1 aliphatic rings. The highest BCUT2D eigenvalue weighted by molar-refractivity contribution is 5.54. The van der Waals surface area contributed by atoms with Gasteiger partial charge in [-0.1, -0.05) is 60.7 Å². The molecule has 1 unspecified atom stereocenters. The van der Waals surface area contributed by atoms with E-state index < -0.39 is 41.2 Å². The number of aromatic amines is 1. The monoisotopic (exact) mass is 570 g/mol. The van der Waals surface area contributed by atoms with Crippen LogP contribution in [0.5, 0.6) is 11.5 Å². The fourth-order valence-corrected chi connectivity index (χ4v) is 5.84. The fraction of sp³-hybridized carbons (Fsp3) is 0.273. The highest BCUT2D eigenvalue weighted by Gasteiger charge is 2.52. The van der Waals surface area contributed by atoms with Gasteiger partial charge >= 0.3 is 5.69 Å². The summed E-state index contributed by atoms with van der Waals surface area (Å²) < 4.78 is 18.4. The molecule has 218 valence electrons. The fourth-order valence-electron chi connectivity index (χ4n) is 5.84. The average molecular weight is 571 g/mol. The zero-order valence-corrected chi connectivity index (χ0v) is 23.5. The third-order valence-electron chi connectivity index (χ3n) is 7.93. The van der Waals surface area contributed by atoms with Gasteiger partial charge in [-0.05, 0) is 47.4 Å². The maximum Gasteiger partial charge on any atom is 0.330 e. The first-order valence-corrected chi connectivity index (χ1v) is 13.6. The Labute approximate surface area is 243 Å². The number of aliphatic hydroxyl groups is 2. The number of rotatable bonds is 10. The number of nitrogens with one attached hydrogen (secondary N) is 1. The number of methoxy groups -OCH3 is 2. The van der Waals surface area contributed by atoms with Gasteiger partial charge in [0.1, 0.15) is 29.9 Å². The van der Waals surface area contributed by atoms with Crippen molar-refractivity contribution in [2.75, 3.05) is 14.2 Å². The molecule has 5 rings (SSSR count). The number of nitrogens with zero attached hydrogens (tertiary/aromatic N) is 1. The van der Waals surface area contributed by atoms with Crippen molar-refractivity contribution >= 4 is 0 Å². The lowest BCUT2D eigenvalue weighted by molar-refractivity contribution is -0.0977. The quantitative estimate of drug-likeness (QED) is 0.197. The van der Waals surface area contributed by atoms with E-state index in [-0.39, 0.29) is 12.8 Å². The van der Waals surface area contributed by atoms with Crippen molar-refractivity contribution in [2.24, 2.45) is 0 Å². The van der Waals surface area contributed by atoms with Crippen molar-refractivity contribution < 1.29 is 24.4 Å². The van der Waals surface area contributed by atoms with Crippen LogP contribution in [-0.4, -0.2) is 52.3 Å². The normalized spacial score (nSPS) is 19.3. The second kappa shape index (κ2) is 12.2. The van der Waals surface area contributed by atoms with Gasteiger partial charge in [0, 0.05) is 18.2 Å². The molecule has 4 atom stereocenters. The molecule has 3 aromatic carbocycles. The standard InChI is InChI=1S/C33H34N2O7/c1-4-8-21-20-35(32(39)34-31(21)38)28-19-27(36)29(42-28)30(37)33(22-9-6-5-7-10-22,23-11-15-25(40-2)16-12-23)24-13-17-26(41-3)18-14-24/h4-7,9-18,20,27-30,36-37H,1,8,19H2,2-3H3,(H,34,38,39)/t27-,28+,29-,30?/m0/s1. The first-order chi connectivity index (χ1) is 20.3. The third-order valence-corrected chi connectivity index (χ3v) is 7.93. The number of aromatic nitrogens is 2. The topological polar surface area (TPSA) is 123 Å². The minimum absolute atomic E-state index is 0.0251. The summed E-state index contributed by atoms with van der Waals surface area (Å²) in [6.45, 7) is 3.67. The molecule has 0 radical (unpaired) electrons. The van der Waals surface area contributed by atoms with Gasteiger partial charge in [0.15, 0.2) is 0 Å². The lowest BCUT2D eigenvalue weighted by atomic mass is 9.64. The molecule has 0 saturated carbocycles. The lowest BCUT2D eigenvalue weighted by Crippen LogP contribution is -2.51. The van der Waals surface area contributed by atoms with Gasteiger partial charge in [0.05, 0.1) is 25.7 Å². The predicted molar refractivity (Wildman–Crippen MR) is 158 cm³/mol. The molecule has 42 heavy (non-hydrogen) atoms. The molecule has 1 aromatic heterocycles. The first kappa shape index (κ1) is 29.1. The van der Waals surface area contributed by atoms with Crippen LogP contribution < -0.4 is 20.7 Å². The van der Waals surface area contributed by atoms with Gasteiger partial charge in [-0.25, -0.2) is 4.79 Å². The van der Waals surface area contributed by atoms with Crippen LogP contribution in [0.3, 0.4) is 0 Å². The lowest BCUT2D eigenvalue weighted by Gasteiger charge is -2.43. The summed E-state index contributed by atoms with van der Waals surface area (Å²) in [7, 11) is 3.17. The Morgan fingerprint density at radius 2 is 1.52 bits per heavy atom. The summed E-state index contributed by atoms with van der Waals surface area (Å²) in [5, 5.41) is 23.8. The summed E-state index contributed by atoms with van der Waals surface area (Å²) in [6.07, 6.45) is -1.23. The summed E-state index contributed by atoms with van der Waals surface area (Å²) in [5.74, 6) is 1.30. The van der Waals surface area contributed by atoms with E-state index in [1.165, 1.54) is 10.8 Å². The third kappa shape index (κ3) is 5.18. The van der Waals surface area contributed by atoms with Crippen LogP contribution in [0.15, 0.2) is 107 Å². The van der Waals surface area contributed by atoms with E-state index in [9.17, 15) is 19.8 Å². The highest BCUT2D eigenvalue weighted by atomic mass is 16.5. The number of aliphatic hydroxyl groups excluding tert-OH is 2. The second-order valence-electron chi connectivity index (χ2n) is 10.2. The molecular formula is C33H34N2O7. The molecule has 0 aliphatic carbocycles. The Balaban J connectivity index is 1.66. The predicted octanol–water partition coefficient (Wildman–Crippen LogP) is 3.33. The molecule has 0 bridgehead atoms. The molecule has 1 saturated heterocycles. The van der Waals surface area contributed by atoms with Crippen molar-refractivity contribution in [3.63, 3.8) is 0 Å². The van der Waals surface area contributed by atoms with Gasteiger partial charge < -0.3 is 24.4 Å². The Morgan fingerprint density at radius 3 is 2.05 bits per heavy atom. The van der Waals surface area contributed by atoms with E-state index >= 15 is 0 Å². The maximum atomic E-state index is 12.8. The van der Waals surface area contributed by atoms with Gasteiger partial charge in [-0.15, -0.1) is 6.58 Å². The number of hydrogen-bond donors (Lipinski definition) is 3. The van der Waals surface area contributed by atoms with Crippen LogP contribution in [0.2, 0.25) is 0 Å². The van der Waals surface area contributed by atoms with Gasteiger partial charge in [0.2, 0.25) is 0 Å². The Morgan fingerprint density at radius 1 is 0.976 bits per heavy atom. The minimum atomic E-state index is -1.33.